The SMILES string of the molecule is COc1ccc(Cl)c([N+](=O)[O-])c1C(=O)CCl. The first-order valence-corrected chi connectivity index (χ1v) is 5.04. The molecule has 0 heterocycles. The lowest BCUT2D eigenvalue weighted by Gasteiger charge is -2.07. The van der Waals surface area contributed by atoms with Crippen LogP contribution in [0.3, 0.4) is 0 Å². The summed E-state index contributed by atoms with van der Waals surface area (Å²) in [5, 5.41) is 10.7. The Balaban J connectivity index is 3.55. The Hall–Kier alpha value is -1.33. The number of rotatable bonds is 4. The fourth-order valence-corrected chi connectivity index (χ4v) is 1.59. The molecular formula is C9H7Cl2NO4. The van der Waals surface area contributed by atoms with E-state index >= 15 is 0 Å². The molecule has 0 fully saturated rings. The third-order valence-corrected chi connectivity index (χ3v) is 2.44. The van der Waals surface area contributed by atoms with Crippen LogP contribution in [0.1, 0.15) is 10.4 Å². The van der Waals surface area contributed by atoms with Gasteiger partial charge in [0.1, 0.15) is 16.3 Å². The van der Waals surface area contributed by atoms with Crippen LogP contribution in [-0.4, -0.2) is 23.7 Å². The Bertz CT molecular complexity index is 447. The van der Waals surface area contributed by atoms with E-state index in [1.165, 1.54) is 19.2 Å². The van der Waals surface area contributed by atoms with Crippen LogP contribution >= 0.6 is 23.2 Å². The Kier molecular flexibility index (Phi) is 4.09. The molecule has 7 heteroatoms. The molecule has 0 saturated carbocycles. The van der Waals surface area contributed by atoms with E-state index in [0.717, 1.165) is 0 Å². The number of nitro groups is 1. The van der Waals surface area contributed by atoms with Crippen molar-refractivity contribution >= 4 is 34.7 Å². The number of ether oxygens (including phenoxy) is 1. The van der Waals surface area contributed by atoms with E-state index in [0.29, 0.717) is 0 Å². The summed E-state index contributed by atoms with van der Waals surface area (Å²) >= 11 is 11.0. The average molecular weight is 264 g/mol. The number of alkyl halides is 1. The third kappa shape index (κ3) is 2.25. The Morgan fingerprint density at radius 1 is 1.56 bits per heavy atom. The quantitative estimate of drug-likeness (QED) is 0.363. The summed E-state index contributed by atoms with van der Waals surface area (Å²) in [6.45, 7) is 0. The number of ketones is 1. The molecule has 0 aliphatic heterocycles. The van der Waals surface area contributed by atoms with Gasteiger partial charge in [0.05, 0.1) is 17.9 Å². The molecule has 0 spiro atoms. The molecular weight excluding hydrogens is 257 g/mol. The second-order valence-corrected chi connectivity index (χ2v) is 3.46. The molecule has 5 nitrogen and oxygen atoms in total. The van der Waals surface area contributed by atoms with Crippen molar-refractivity contribution in [2.45, 2.75) is 0 Å². The highest BCUT2D eigenvalue weighted by Gasteiger charge is 2.27. The number of Topliss-reactive ketones (excluding diaryl/α,β-unsaturated/α-hetero) is 1. The predicted molar refractivity (Wildman–Crippen MR) is 59.7 cm³/mol. The molecule has 0 unspecified atom stereocenters. The van der Waals surface area contributed by atoms with Crippen molar-refractivity contribution in [3.05, 3.63) is 32.8 Å². The number of hydrogen-bond donors (Lipinski definition) is 0. The average Bonchev–Trinajstić information content (AvgIpc) is 2.27. The molecule has 0 saturated heterocycles. The number of hydrogen-bond acceptors (Lipinski definition) is 4. The molecule has 86 valence electrons. The topological polar surface area (TPSA) is 69.4 Å². The lowest BCUT2D eigenvalue weighted by atomic mass is 10.1. The molecule has 0 aliphatic rings. The summed E-state index contributed by atoms with van der Waals surface area (Å²) in [5.41, 5.74) is -0.679. The summed E-state index contributed by atoms with van der Waals surface area (Å²) in [7, 11) is 1.30. The van der Waals surface area contributed by atoms with Crippen molar-refractivity contribution in [3.63, 3.8) is 0 Å². The summed E-state index contributed by atoms with van der Waals surface area (Å²) < 4.78 is 4.87. The largest absolute Gasteiger partial charge is 0.496 e. The highest BCUT2D eigenvalue weighted by molar-refractivity contribution is 6.35. The summed E-state index contributed by atoms with van der Waals surface area (Å²) in [5.74, 6) is -0.896. The highest BCUT2D eigenvalue weighted by atomic mass is 35.5. The van der Waals surface area contributed by atoms with Gasteiger partial charge in [-0.3, -0.25) is 14.9 Å². The number of carbonyl (C=O) groups excluding carboxylic acids is 1. The maximum Gasteiger partial charge on any atom is 0.302 e. The summed E-state index contributed by atoms with van der Waals surface area (Å²) in [6.07, 6.45) is 0. The highest BCUT2D eigenvalue weighted by Crippen LogP contribution is 2.35. The van der Waals surface area contributed by atoms with Crippen LogP contribution < -0.4 is 4.74 Å². The van der Waals surface area contributed by atoms with Crippen LogP contribution in [0.15, 0.2) is 12.1 Å². The molecule has 0 aliphatic carbocycles. The van der Waals surface area contributed by atoms with Gasteiger partial charge in [-0.15, -0.1) is 11.6 Å². The van der Waals surface area contributed by atoms with Gasteiger partial charge < -0.3 is 4.74 Å². The van der Waals surface area contributed by atoms with Crippen molar-refractivity contribution in [2.24, 2.45) is 0 Å². The first-order valence-electron chi connectivity index (χ1n) is 4.13. The van der Waals surface area contributed by atoms with Crippen molar-refractivity contribution < 1.29 is 14.5 Å². The standard InChI is InChI=1S/C9H7Cl2NO4/c1-16-7-3-2-5(11)9(12(14)15)8(7)6(13)4-10/h2-3H,4H2,1H3. The van der Waals surface area contributed by atoms with Crippen LogP contribution in [-0.2, 0) is 0 Å². The van der Waals surface area contributed by atoms with Crippen LogP contribution in [0.25, 0.3) is 0 Å². The first kappa shape index (κ1) is 12.7. The first-order chi connectivity index (χ1) is 7.52. The fraction of sp³-hybridized carbons (Fsp3) is 0.222. The minimum atomic E-state index is -0.732. The zero-order valence-electron chi connectivity index (χ0n) is 8.20. The molecule has 0 atom stereocenters. The van der Waals surface area contributed by atoms with E-state index < -0.39 is 16.4 Å². The van der Waals surface area contributed by atoms with Crippen molar-refractivity contribution in [1.82, 2.24) is 0 Å². The fourth-order valence-electron chi connectivity index (χ4n) is 1.23. The molecule has 0 aromatic heterocycles. The zero-order chi connectivity index (χ0) is 12.3. The van der Waals surface area contributed by atoms with E-state index in [1.54, 1.807) is 0 Å². The van der Waals surface area contributed by atoms with Gasteiger partial charge in [-0.1, -0.05) is 11.6 Å². The summed E-state index contributed by atoms with van der Waals surface area (Å²) in [4.78, 5) is 21.6. The van der Waals surface area contributed by atoms with Crippen LogP contribution in [0.2, 0.25) is 5.02 Å². The lowest BCUT2D eigenvalue weighted by Crippen LogP contribution is -2.08. The van der Waals surface area contributed by atoms with Crippen molar-refractivity contribution in [2.75, 3.05) is 13.0 Å². The minimum absolute atomic E-state index is 0.0850. The van der Waals surface area contributed by atoms with E-state index in [1.807, 2.05) is 0 Å². The van der Waals surface area contributed by atoms with Gasteiger partial charge in [-0.2, -0.15) is 0 Å². The van der Waals surface area contributed by atoms with Crippen LogP contribution in [0.5, 0.6) is 5.75 Å². The number of halogens is 2. The van der Waals surface area contributed by atoms with Crippen molar-refractivity contribution in [3.8, 4) is 5.75 Å². The third-order valence-electron chi connectivity index (χ3n) is 1.89. The van der Waals surface area contributed by atoms with Crippen LogP contribution in [0, 0.1) is 10.1 Å². The molecule has 1 aromatic carbocycles. The van der Waals surface area contributed by atoms with Gasteiger partial charge in [0.15, 0.2) is 5.78 Å². The number of benzene rings is 1. The molecule has 0 amide bonds. The smallest absolute Gasteiger partial charge is 0.302 e. The molecule has 0 N–H and O–H groups in total. The Morgan fingerprint density at radius 3 is 2.62 bits per heavy atom. The maximum atomic E-state index is 11.5. The van der Waals surface area contributed by atoms with Gasteiger partial charge >= 0.3 is 5.69 Å². The maximum absolute atomic E-state index is 11.5. The predicted octanol–water partition coefficient (Wildman–Crippen LogP) is 2.68. The second kappa shape index (κ2) is 5.14. The Labute approximate surface area is 101 Å². The van der Waals surface area contributed by atoms with E-state index in [9.17, 15) is 14.9 Å². The van der Waals surface area contributed by atoms with E-state index in [-0.39, 0.29) is 22.2 Å². The molecule has 0 radical (unpaired) electrons. The molecule has 0 bridgehead atoms. The zero-order valence-corrected chi connectivity index (χ0v) is 9.71. The molecule has 1 aromatic rings. The van der Waals surface area contributed by atoms with Crippen LogP contribution in [0.4, 0.5) is 5.69 Å². The molecule has 16 heavy (non-hydrogen) atoms. The summed E-state index contributed by atoms with van der Waals surface area (Å²) in [6, 6.07) is 2.68. The minimum Gasteiger partial charge on any atom is -0.496 e. The number of nitrogens with zero attached hydrogens (tertiary/aromatic N) is 1. The van der Waals surface area contributed by atoms with Gasteiger partial charge in [-0.05, 0) is 12.1 Å². The van der Waals surface area contributed by atoms with E-state index in [2.05, 4.69) is 0 Å². The van der Waals surface area contributed by atoms with Gasteiger partial charge in [0.2, 0.25) is 0 Å². The van der Waals surface area contributed by atoms with Gasteiger partial charge in [-0.25, -0.2) is 0 Å². The Morgan fingerprint density at radius 2 is 2.19 bits per heavy atom. The number of carbonyl (C=O) groups is 1. The van der Waals surface area contributed by atoms with Gasteiger partial charge in [0.25, 0.3) is 0 Å². The monoisotopic (exact) mass is 263 g/mol. The lowest BCUT2D eigenvalue weighted by molar-refractivity contribution is -0.385. The van der Waals surface area contributed by atoms with Gasteiger partial charge in [0, 0.05) is 0 Å². The second-order valence-electron chi connectivity index (χ2n) is 2.79. The number of methoxy groups -OCH3 is 1. The van der Waals surface area contributed by atoms with Crippen molar-refractivity contribution in [1.29, 1.82) is 0 Å². The number of nitro benzene ring substituents is 1. The molecule has 1 rings (SSSR count). The van der Waals surface area contributed by atoms with E-state index in [4.69, 9.17) is 27.9 Å². The normalized spacial score (nSPS) is 9.94.